The quantitative estimate of drug-likeness (QED) is 0.782. The van der Waals surface area contributed by atoms with Crippen molar-refractivity contribution in [1.82, 2.24) is 4.98 Å². The highest BCUT2D eigenvalue weighted by molar-refractivity contribution is 6.31. The number of nitrogens with zero attached hydrogens (tertiary/aromatic N) is 2. The molecule has 1 aliphatic heterocycles. The van der Waals surface area contributed by atoms with E-state index in [4.69, 9.17) is 11.6 Å². The van der Waals surface area contributed by atoms with Crippen molar-refractivity contribution in [3.63, 3.8) is 0 Å². The van der Waals surface area contributed by atoms with E-state index in [2.05, 4.69) is 4.98 Å². The lowest BCUT2D eigenvalue weighted by Gasteiger charge is -2.39. The van der Waals surface area contributed by atoms with Crippen molar-refractivity contribution in [2.24, 2.45) is 0 Å². The van der Waals surface area contributed by atoms with Crippen molar-refractivity contribution in [3.8, 4) is 0 Å². The van der Waals surface area contributed by atoms with Crippen LogP contribution in [0.3, 0.4) is 0 Å². The molecule has 0 spiro atoms. The second kappa shape index (κ2) is 6.69. The first-order valence-electron chi connectivity index (χ1n) is 8.81. The van der Waals surface area contributed by atoms with Gasteiger partial charge >= 0.3 is 0 Å². The van der Waals surface area contributed by atoms with E-state index in [1.54, 1.807) is 17.3 Å². The molecule has 4 rings (SSSR count). The zero-order valence-corrected chi connectivity index (χ0v) is 15.3. The fourth-order valence-electron chi connectivity index (χ4n) is 3.98. The number of aromatic nitrogens is 1. The second-order valence-corrected chi connectivity index (χ2v) is 7.27. The van der Waals surface area contributed by atoms with Gasteiger partial charge in [0.25, 0.3) is 0 Å². The van der Waals surface area contributed by atoms with Crippen LogP contribution in [-0.2, 0) is 9.59 Å². The van der Waals surface area contributed by atoms with E-state index in [1.165, 1.54) is 0 Å². The first-order valence-corrected chi connectivity index (χ1v) is 9.19. The molecular formula is C21H19ClN2O2. The minimum absolute atomic E-state index is 0.00521. The van der Waals surface area contributed by atoms with Crippen molar-refractivity contribution in [2.45, 2.75) is 38.5 Å². The fourth-order valence-corrected chi connectivity index (χ4v) is 4.14. The van der Waals surface area contributed by atoms with Crippen LogP contribution in [0.1, 0.15) is 42.7 Å². The molecule has 1 amide bonds. The van der Waals surface area contributed by atoms with E-state index < -0.39 is 0 Å². The predicted octanol–water partition coefficient (Wildman–Crippen LogP) is 4.57. The molecule has 1 aromatic heterocycles. The molecule has 1 aromatic carbocycles. The van der Waals surface area contributed by atoms with Gasteiger partial charge in [0.2, 0.25) is 5.91 Å². The highest BCUT2D eigenvalue weighted by atomic mass is 35.5. The molecule has 26 heavy (non-hydrogen) atoms. The zero-order valence-electron chi connectivity index (χ0n) is 14.5. The van der Waals surface area contributed by atoms with E-state index in [0.29, 0.717) is 11.4 Å². The molecule has 0 fully saturated rings. The number of amides is 1. The number of carbonyl (C=O) groups is 2. The zero-order chi connectivity index (χ0) is 18.3. The van der Waals surface area contributed by atoms with Gasteiger partial charge in [0.05, 0.1) is 5.69 Å². The summed E-state index contributed by atoms with van der Waals surface area (Å²) in [5.41, 5.74) is 4.33. The molecule has 0 saturated heterocycles. The van der Waals surface area contributed by atoms with Crippen molar-refractivity contribution in [2.75, 3.05) is 4.90 Å². The number of allylic oxidation sites excluding steroid dienone is 2. The highest BCUT2D eigenvalue weighted by Crippen LogP contribution is 2.44. The van der Waals surface area contributed by atoms with E-state index in [9.17, 15) is 9.59 Å². The molecular weight excluding hydrogens is 348 g/mol. The number of benzene rings is 1. The molecule has 2 aromatic rings. The number of carbonyl (C=O) groups excluding carboxylic acids is 2. The normalized spacial score (nSPS) is 20.4. The summed E-state index contributed by atoms with van der Waals surface area (Å²) < 4.78 is 0. The van der Waals surface area contributed by atoms with Gasteiger partial charge in [-0.05, 0) is 55.2 Å². The van der Waals surface area contributed by atoms with Gasteiger partial charge in [-0.1, -0.05) is 17.7 Å². The van der Waals surface area contributed by atoms with Gasteiger partial charge in [-0.25, -0.2) is 0 Å². The van der Waals surface area contributed by atoms with Crippen molar-refractivity contribution in [3.05, 3.63) is 70.1 Å². The smallest absolute Gasteiger partial charge is 0.232 e. The molecule has 0 bridgehead atoms. The standard InChI is InChI=1S/C21H19ClN2O2/c1-13-5-6-15(22)11-18(13)24-17-3-2-4-19(25)21(17)16(12-20(24)26)14-7-9-23-10-8-14/h5-11,16H,2-4,12H2,1H3. The Bertz CT molecular complexity index is 921. The summed E-state index contributed by atoms with van der Waals surface area (Å²) in [5, 5.41) is 0.582. The van der Waals surface area contributed by atoms with Gasteiger partial charge in [0.1, 0.15) is 0 Å². The van der Waals surface area contributed by atoms with Crippen molar-refractivity contribution in [1.29, 1.82) is 0 Å². The Morgan fingerprint density at radius 1 is 1.12 bits per heavy atom. The molecule has 2 heterocycles. The number of pyridine rings is 1. The summed E-state index contributed by atoms with van der Waals surface area (Å²) in [6.45, 7) is 1.96. The summed E-state index contributed by atoms with van der Waals surface area (Å²) >= 11 is 6.18. The second-order valence-electron chi connectivity index (χ2n) is 6.83. The first kappa shape index (κ1) is 17.0. The minimum Gasteiger partial charge on any atom is -0.294 e. The van der Waals surface area contributed by atoms with E-state index >= 15 is 0 Å². The third kappa shape index (κ3) is 2.84. The fraction of sp³-hybridized carbons (Fsp3) is 0.286. The molecule has 5 heteroatoms. The molecule has 132 valence electrons. The van der Waals surface area contributed by atoms with Gasteiger partial charge < -0.3 is 0 Å². The molecule has 1 atom stereocenters. The van der Waals surface area contributed by atoms with Crippen LogP contribution in [0.2, 0.25) is 5.02 Å². The van der Waals surface area contributed by atoms with Gasteiger partial charge in [0.15, 0.2) is 5.78 Å². The van der Waals surface area contributed by atoms with Crippen LogP contribution in [0.4, 0.5) is 5.69 Å². The number of anilines is 1. The molecule has 0 N–H and O–H groups in total. The molecule has 0 saturated carbocycles. The van der Waals surface area contributed by atoms with Gasteiger partial charge in [0, 0.05) is 47.4 Å². The van der Waals surface area contributed by atoms with Crippen molar-refractivity contribution < 1.29 is 9.59 Å². The lowest BCUT2D eigenvalue weighted by atomic mass is 9.77. The molecule has 1 aliphatic carbocycles. The van der Waals surface area contributed by atoms with Crippen LogP contribution < -0.4 is 4.90 Å². The van der Waals surface area contributed by atoms with Gasteiger partial charge in [-0.2, -0.15) is 0 Å². The monoisotopic (exact) mass is 366 g/mol. The van der Waals surface area contributed by atoms with Gasteiger partial charge in [-0.3, -0.25) is 19.5 Å². The van der Waals surface area contributed by atoms with Crippen LogP contribution in [0.25, 0.3) is 0 Å². The molecule has 1 unspecified atom stereocenters. The average molecular weight is 367 g/mol. The van der Waals surface area contributed by atoms with E-state index in [0.717, 1.165) is 40.9 Å². The van der Waals surface area contributed by atoms with E-state index in [1.807, 2.05) is 37.3 Å². The van der Waals surface area contributed by atoms with E-state index in [-0.39, 0.29) is 24.0 Å². The van der Waals surface area contributed by atoms with Crippen LogP contribution in [0, 0.1) is 6.92 Å². The largest absolute Gasteiger partial charge is 0.294 e. The Labute approximate surface area is 157 Å². The maximum Gasteiger partial charge on any atom is 0.232 e. The van der Waals surface area contributed by atoms with Gasteiger partial charge in [-0.15, -0.1) is 0 Å². The number of ketones is 1. The number of hydrogen-bond acceptors (Lipinski definition) is 3. The summed E-state index contributed by atoms with van der Waals surface area (Å²) in [6.07, 6.45) is 5.73. The van der Waals surface area contributed by atoms with Crippen LogP contribution >= 0.6 is 11.6 Å². The SMILES string of the molecule is Cc1ccc(Cl)cc1N1C(=O)CC(c2ccncc2)C2=C1CCCC2=O. The topological polar surface area (TPSA) is 50.3 Å². The maximum absolute atomic E-state index is 13.1. The number of hydrogen-bond donors (Lipinski definition) is 0. The Morgan fingerprint density at radius 2 is 1.88 bits per heavy atom. The summed E-state index contributed by atoms with van der Waals surface area (Å²) in [7, 11) is 0. The molecule has 4 nitrogen and oxygen atoms in total. The summed E-state index contributed by atoms with van der Waals surface area (Å²) in [5.74, 6) is -0.0417. The Morgan fingerprint density at radius 3 is 2.65 bits per heavy atom. The first-order chi connectivity index (χ1) is 12.6. The predicted molar refractivity (Wildman–Crippen MR) is 101 cm³/mol. The Hall–Kier alpha value is -2.46. The molecule has 2 aliphatic rings. The average Bonchev–Trinajstić information content (AvgIpc) is 2.64. The summed E-state index contributed by atoms with van der Waals surface area (Å²) in [6, 6.07) is 9.32. The molecule has 0 radical (unpaired) electrons. The third-order valence-electron chi connectivity index (χ3n) is 5.20. The Kier molecular flexibility index (Phi) is 4.37. The highest BCUT2D eigenvalue weighted by Gasteiger charge is 2.40. The van der Waals surface area contributed by atoms with Crippen LogP contribution in [0.5, 0.6) is 0 Å². The number of halogens is 1. The number of Topliss-reactive ketones (excluding diaryl/α,β-unsaturated/α-hetero) is 1. The number of aryl methyl sites for hydroxylation is 1. The maximum atomic E-state index is 13.1. The third-order valence-corrected chi connectivity index (χ3v) is 5.43. The summed E-state index contributed by atoms with van der Waals surface area (Å²) in [4.78, 5) is 31.7. The Balaban J connectivity index is 1.90. The lowest BCUT2D eigenvalue weighted by Crippen LogP contribution is -2.40. The minimum atomic E-state index is -0.191. The lowest BCUT2D eigenvalue weighted by molar-refractivity contribution is -0.119. The number of rotatable bonds is 2. The van der Waals surface area contributed by atoms with Crippen molar-refractivity contribution >= 4 is 29.0 Å². The van der Waals surface area contributed by atoms with Crippen LogP contribution in [0.15, 0.2) is 54.0 Å². The van der Waals surface area contributed by atoms with Crippen LogP contribution in [-0.4, -0.2) is 16.7 Å².